The van der Waals surface area contributed by atoms with Gasteiger partial charge in [0.15, 0.2) is 0 Å². The summed E-state index contributed by atoms with van der Waals surface area (Å²) in [6.07, 6.45) is 2.36. The van der Waals surface area contributed by atoms with Crippen LogP contribution in [0.1, 0.15) is 33.6 Å². The maximum Gasteiger partial charge on any atom is 0.310 e. The van der Waals surface area contributed by atoms with Gasteiger partial charge in [0, 0.05) is 6.54 Å². The van der Waals surface area contributed by atoms with Gasteiger partial charge in [-0.15, -0.1) is 6.58 Å². The molecule has 4 rings (SSSR count). The minimum atomic E-state index is -1.30. The van der Waals surface area contributed by atoms with Gasteiger partial charge >= 0.3 is 5.97 Å². The Labute approximate surface area is 204 Å². The topological polar surface area (TPSA) is 107 Å². The molecule has 1 spiro atoms. The molecule has 184 valence electrons. The SMILES string of the molecule is C=CCN(C(=O)C1N([C@@H](CO)C(C)C)C(=O)[C@@H]2[C@@H](C(=O)O)[C@@]3(C)CCC12O3)c1ccccc1Cl. The molecule has 0 aromatic heterocycles. The molecule has 34 heavy (non-hydrogen) atoms. The van der Waals surface area contributed by atoms with Crippen molar-refractivity contribution < 1.29 is 29.3 Å². The van der Waals surface area contributed by atoms with E-state index in [0.717, 1.165) is 0 Å². The number of aliphatic carboxylic acids is 1. The first-order valence-electron chi connectivity index (χ1n) is 11.6. The second-order valence-corrected chi connectivity index (χ2v) is 10.4. The molecule has 3 heterocycles. The minimum Gasteiger partial charge on any atom is -0.481 e. The fourth-order valence-electron chi connectivity index (χ4n) is 6.25. The number of anilines is 1. The average Bonchev–Trinajstić information content (AvgIpc) is 3.34. The highest BCUT2D eigenvalue weighted by molar-refractivity contribution is 6.34. The third-order valence-corrected chi connectivity index (χ3v) is 8.07. The van der Waals surface area contributed by atoms with Crippen molar-refractivity contribution in [2.75, 3.05) is 18.1 Å². The van der Waals surface area contributed by atoms with E-state index in [1.807, 2.05) is 13.8 Å². The highest BCUT2D eigenvalue weighted by atomic mass is 35.5. The van der Waals surface area contributed by atoms with Crippen LogP contribution in [-0.4, -0.2) is 69.3 Å². The molecule has 3 fully saturated rings. The summed E-state index contributed by atoms with van der Waals surface area (Å²) in [5.41, 5.74) is -1.88. The predicted octanol–water partition coefficient (Wildman–Crippen LogP) is 2.73. The lowest BCUT2D eigenvalue weighted by Gasteiger charge is -2.40. The number of carboxylic acids is 1. The van der Waals surface area contributed by atoms with Gasteiger partial charge in [-0.1, -0.05) is 43.7 Å². The maximum absolute atomic E-state index is 14.3. The Hall–Kier alpha value is -2.42. The summed E-state index contributed by atoms with van der Waals surface area (Å²) in [5.74, 6) is -4.27. The summed E-state index contributed by atoms with van der Waals surface area (Å²) >= 11 is 6.43. The van der Waals surface area contributed by atoms with E-state index in [1.165, 1.54) is 9.80 Å². The van der Waals surface area contributed by atoms with E-state index in [9.17, 15) is 24.6 Å². The Bertz CT molecular complexity index is 1030. The number of hydrogen-bond acceptors (Lipinski definition) is 5. The number of hydrogen-bond donors (Lipinski definition) is 2. The predicted molar refractivity (Wildman–Crippen MR) is 126 cm³/mol. The number of fused-ring (bicyclic) bond motifs is 1. The number of amides is 2. The quantitative estimate of drug-likeness (QED) is 0.542. The number of nitrogens with zero attached hydrogens (tertiary/aromatic N) is 2. The molecular weight excluding hydrogens is 460 g/mol. The Morgan fingerprint density at radius 1 is 1.35 bits per heavy atom. The van der Waals surface area contributed by atoms with Crippen LogP contribution in [0.25, 0.3) is 0 Å². The molecule has 2 amide bonds. The number of aliphatic hydroxyl groups excluding tert-OH is 1. The molecule has 3 aliphatic heterocycles. The maximum atomic E-state index is 14.3. The molecule has 1 aromatic carbocycles. The molecule has 2 unspecified atom stereocenters. The average molecular weight is 491 g/mol. The van der Waals surface area contributed by atoms with Gasteiger partial charge in [0.1, 0.15) is 11.6 Å². The van der Waals surface area contributed by atoms with Gasteiger partial charge in [-0.05, 0) is 37.8 Å². The zero-order valence-electron chi connectivity index (χ0n) is 19.6. The Morgan fingerprint density at radius 3 is 2.59 bits per heavy atom. The van der Waals surface area contributed by atoms with E-state index in [0.29, 0.717) is 23.6 Å². The molecular formula is C25H31ClN2O6. The van der Waals surface area contributed by atoms with Crippen LogP contribution < -0.4 is 4.90 Å². The van der Waals surface area contributed by atoms with Crippen molar-refractivity contribution in [3.8, 4) is 0 Å². The Kier molecular flexibility index (Phi) is 6.29. The van der Waals surface area contributed by atoms with Crippen molar-refractivity contribution in [1.29, 1.82) is 0 Å². The second-order valence-electron chi connectivity index (χ2n) is 9.99. The number of carboxylic acid groups (broad SMARTS) is 1. The van der Waals surface area contributed by atoms with Crippen LogP contribution in [0.3, 0.4) is 0 Å². The summed E-state index contributed by atoms with van der Waals surface area (Å²) < 4.78 is 6.42. The number of rotatable bonds is 8. The normalized spacial score (nSPS) is 32.7. The lowest BCUT2D eigenvalue weighted by Crippen LogP contribution is -2.60. The molecule has 9 heteroatoms. The standard InChI is InChI=1S/C25H31ClN2O6/c1-5-12-27(16-9-7-6-8-15(16)26)22(31)20-25-11-10-24(4,34-25)19(23(32)33)18(25)21(30)28(20)17(13-29)14(2)3/h5-9,14,17-20,29H,1,10-13H2,2-4H3,(H,32,33)/t17-,18-,19-,20?,24+,25?/m0/s1. The molecule has 0 radical (unpaired) electrons. The summed E-state index contributed by atoms with van der Waals surface area (Å²) in [7, 11) is 0. The Morgan fingerprint density at radius 2 is 2.03 bits per heavy atom. The van der Waals surface area contributed by atoms with Crippen molar-refractivity contribution in [2.45, 2.75) is 56.9 Å². The first-order valence-corrected chi connectivity index (χ1v) is 11.9. The lowest BCUT2D eigenvalue weighted by molar-refractivity contribution is -0.156. The molecule has 2 bridgehead atoms. The first kappa shape index (κ1) is 24.7. The van der Waals surface area contributed by atoms with Gasteiger partial charge in [-0.25, -0.2) is 0 Å². The van der Waals surface area contributed by atoms with Crippen LogP contribution in [0, 0.1) is 17.8 Å². The van der Waals surface area contributed by atoms with E-state index in [1.54, 1.807) is 37.3 Å². The third-order valence-electron chi connectivity index (χ3n) is 7.75. The molecule has 0 aliphatic carbocycles. The number of halogens is 1. The fourth-order valence-corrected chi connectivity index (χ4v) is 6.49. The highest BCUT2D eigenvalue weighted by Crippen LogP contribution is 2.63. The molecule has 0 saturated carbocycles. The van der Waals surface area contributed by atoms with Crippen LogP contribution in [0.5, 0.6) is 0 Å². The monoisotopic (exact) mass is 490 g/mol. The van der Waals surface area contributed by atoms with Crippen LogP contribution >= 0.6 is 11.6 Å². The summed E-state index contributed by atoms with van der Waals surface area (Å²) in [4.78, 5) is 43.4. The minimum absolute atomic E-state index is 0.132. The van der Waals surface area contributed by atoms with Gasteiger partial charge < -0.3 is 24.7 Å². The Balaban J connectivity index is 1.89. The molecule has 6 atom stereocenters. The van der Waals surface area contributed by atoms with Crippen molar-refractivity contribution in [2.24, 2.45) is 17.8 Å². The van der Waals surface area contributed by atoms with Gasteiger partial charge in [-0.2, -0.15) is 0 Å². The molecule has 1 aromatic rings. The summed E-state index contributed by atoms with van der Waals surface area (Å²) in [6.45, 7) is 8.95. The second kappa shape index (κ2) is 8.66. The van der Waals surface area contributed by atoms with E-state index in [4.69, 9.17) is 16.3 Å². The number of para-hydroxylation sites is 1. The van der Waals surface area contributed by atoms with Crippen LogP contribution in [0.2, 0.25) is 5.02 Å². The zero-order valence-corrected chi connectivity index (χ0v) is 20.4. The van der Waals surface area contributed by atoms with Crippen molar-refractivity contribution in [3.05, 3.63) is 41.9 Å². The largest absolute Gasteiger partial charge is 0.481 e. The van der Waals surface area contributed by atoms with E-state index >= 15 is 0 Å². The molecule has 3 aliphatic rings. The number of ether oxygens (including phenoxy) is 1. The van der Waals surface area contributed by atoms with E-state index in [2.05, 4.69) is 6.58 Å². The molecule has 3 saturated heterocycles. The van der Waals surface area contributed by atoms with Gasteiger partial charge in [0.05, 0.1) is 40.8 Å². The smallest absolute Gasteiger partial charge is 0.310 e. The van der Waals surface area contributed by atoms with Crippen LogP contribution in [0.15, 0.2) is 36.9 Å². The molecule has 8 nitrogen and oxygen atoms in total. The number of aliphatic hydroxyl groups is 1. The van der Waals surface area contributed by atoms with Crippen LogP contribution in [0.4, 0.5) is 5.69 Å². The van der Waals surface area contributed by atoms with Crippen molar-refractivity contribution in [1.82, 2.24) is 4.90 Å². The summed E-state index contributed by atoms with van der Waals surface area (Å²) in [5, 5.41) is 20.6. The number of carbonyl (C=O) groups is 3. The number of carbonyl (C=O) groups excluding carboxylic acids is 2. The highest BCUT2D eigenvalue weighted by Gasteiger charge is 2.79. The fraction of sp³-hybridized carbons (Fsp3) is 0.560. The molecule has 2 N–H and O–H groups in total. The summed E-state index contributed by atoms with van der Waals surface area (Å²) in [6, 6.07) is 5.11. The van der Waals surface area contributed by atoms with E-state index in [-0.39, 0.29) is 19.1 Å². The zero-order chi connectivity index (χ0) is 25.0. The van der Waals surface area contributed by atoms with Crippen molar-refractivity contribution in [3.63, 3.8) is 0 Å². The number of likely N-dealkylation sites (tertiary alicyclic amines) is 1. The van der Waals surface area contributed by atoms with Crippen molar-refractivity contribution >= 4 is 35.1 Å². The van der Waals surface area contributed by atoms with Crippen LogP contribution in [-0.2, 0) is 19.1 Å². The van der Waals surface area contributed by atoms with E-state index < -0.39 is 52.9 Å². The van der Waals surface area contributed by atoms with Gasteiger partial charge in [0.2, 0.25) is 5.91 Å². The van der Waals surface area contributed by atoms with Gasteiger partial charge in [0.25, 0.3) is 5.91 Å². The first-order chi connectivity index (χ1) is 16.0. The van der Waals surface area contributed by atoms with Gasteiger partial charge in [-0.3, -0.25) is 14.4 Å². The lowest BCUT2D eigenvalue weighted by atomic mass is 9.66. The third kappa shape index (κ3) is 3.38. The number of benzene rings is 1.